The second-order valence-electron chi connectivity index (χ2n) is 5.49. The van der Waals surface area contributed by atoms with E-state index in [-0.39, 0.29) is 25.2 Å². The van der Waals surface area contributed by atoms with E-state index in [2.05, 4.69) is 0 Å². The molecule has 0 aromatic rings. The maximum absolute atomic E-state index is 9.36. The molecule has 2 rings (SSSR count). The molecule has 0 aromatic heterocycles. The second kappa shape index (κ2) is 4.61. The molecule has 0 spiro atoms. The molecule has 0 aromatic carbocycles. The van der Waals surface area contributed by atoms with Crippen LogP contribution in [0, 0.1) is 17.8 Å². The number of ether oxygens (including phenoxy) is 2. The van der Waals surface area contributed by atoms with Gasteiger partial charge in [0.15, 0.2) is 5.79 Å². The van der Waals surface area contributed by atoms with Crippen LogP contribution in [0.2, 0.25) is 0 Å². The molecule has 0 radical (unpaired) electrons. The highest BCUT2D eigenvalue weighted by molar-refractivity contribution is 4.90. The van der Waals surface area contributed by atoms with Gasteiger partial charge in [-0.2, -0.15) is 0 Å². The summed E-state index contributed by atoms with van der Waals surface area (Å²) >= 11 is 0. The minimum atomic E-state index is -0.498. The molecule has 1 aliphatic carbocycles. The Morgan fingerprint density at radius 2 is 1.94 bits per heavy atom. The molecule has 4 atom stereocenters. The van der Waals surface area contributed by atoms with Gasteiger partial charge in [0.1, 0.15) is 0 Å². The van der Waals surface area contributed by atoms with Gasteiger partial charge in [-0.05, 0) is 44.4 Å². The zero-order valence-corrected chi connectivity index (χ0v) is 10.1. The van der Waals surface area contributed by atoms with Crippen LogP contribution in [0.4, 0.5) is 0 Å². The summed E-state index contributed by atoms with van der Waals surface area (Å²) in [5.41, 5.74) is 0. The number of rotatable bonds is 3. The van der Waals surface area contributed by atoms with Crippen LogP contribution in [-0.4, -0.2) is 41.9 Å². The fourth-order valence-corrected chi connectivity index (χ4v) is 3.02. The third kappa shape index (κ3) is 2.40. The molecular weight excluding hydrogens is 208 g/mol. The fraction of sp³-hybridized carbons (Fsp3) is 1.00. The Labute approximate surface area is 96.6 Å². The lowest BCUT2D eigenvalue weighted by Gasteiger charge is -2.24. The molecule has 4 heteroatoms. The third-order valence-corrected chi connectivity index (χ3v) is 3.85. The van der Waals surface area contributed by atoms with E-state index in [0.29, 0.717) is 18.4 Å². The Morgan fingerprint density at radius 3 is 2.44 bits per heavy atom. The maximum atomic E-state index is 9.36. The molecule has 1 unspecified atom stereocenters. The van der Waals surface area contributed by atoms with Crippen molar-refractivity contribution in [2.24, 2.45) is 17.8 Å². The minimum absolute atomic E-state index is 0.0729. The summed E-state index contributed by atoms with van der Waals surface area (Å²) in [6.07, 6.45) is 1.91. The van der Waals surface area contributed by atoms with Gasteiger partial charge in [-0.1, -0.05) is 0 Å². The van der Waals surface area contributed by atoms with Crippen molar-refractivity contribution in [3.05, 3.63) is 0 Å². The highest BCUT2D eigenvalue weighted by Crippen LogP contribution is 2.42. The Hall–Kier alpha value is -0.160. The van der Waals surface area contributed by atoms with Gasteiger partial charge in [-0.3, -0.25) is 0 Å². The summed E-state index contributed by atoms with van der Waals surface area (Å²) in [5.74, 6) is 0.389. The van der Waals surface area contributed by atoms with Crippen molar-refractivity contribution in [1.29, 1.82) is 0 Å². The van der Waals surface area contributed by atoms with Crippen molar-refractivity contribution >= 4 is 0 Å². The molecule has 1 saturated carbocycles. The number of hydrogen-bond acceptors (Lipinski definition) is 4. The summed E-state index contributed by atoms with van der Waals surface area (Å²) in [5, 5.41) is 18.6. The number of hydrogen-bond donors (Lipinski definition) is 2. The Kier molecular flexibility index (Phi) is 3.54. The molecule has 1 saturated heterocycles. The zero-order chi connectivity index (χ0) is 11.8. The minimum Gasteiger partial charge on any atom is -0.396 e. The van der Waals surface area contributed by atoms with Crippen LogP contribution in [0.25, 0.3) is 0 Å². The van der Waals surface area contributed by atoms with Crippen molar-refractivity contribution < 1.29 is 19.7 Å². The average molecular weight is 230 g/mol. The first kappa shape index (κ1) is 12.3. The van der Waals surface area contributed by atoms with Crippen LogP contribution in [0.3, 0.4) is 0 Å². The Balaban J connectivity index is 1.98. The largest absolute Gasteiger partial charge is 0.396 e. The maximum Gasteiger partial charge on any atom is 0.163 e. The summed E-state index contributed by atoms with van der Waals surface area (Å²) in [4.78, 5) is 0. The van der Waals surface area contributed by atoms with Crippen LogP contribution < -0.4 is 0 Å². The monoisotopic (exact) mass is 230 g/mol. The first-order chi connectivity index (χ1) is 7.55. The molecule has 2 fully saturated rings. The normalized spacial score (nSPS) is 42.8. The fourth-order valence-electron chi connectivity index (χ4n) is 3.02. The SMILES string of the molecule is CC1(C)OCC([C@@H]2C[C@@H](CO)C[C@H]2CO)O1. The highest BCUT2D eigenvalue weighted by atomic mass is 16.7. The van der Waals surface area contributed by atoms with Gasteiger partial charge in [-0.15, -0.1) is 0 Å². The Morgan fingerprint density at radius 1 is 1.19 bits per heavy atom. The molecule has 0 bridgehead atoms. The molecule has 16 heavy (non-hydrogen) atoms. The van der Waals surface area contributed by atoms with Gasteiger partial charge in [-0.25, -0.2) is 0 Å². The van der Waals surface area contributed by atoms with Gasteiger partial charge < -0.3 is 19.7 Å². The lowest BCUT2D eigenvalue weighted by molar-refractivity contribution is -0.146. The molecule has 2 N–H and O–H groups in total. The second-order valence-corrected chi connectivity index (χ2v) is 5.49. The van der Waals surface area contributed by atoms with Crippen molar-refractivity contribution in [3.63, 3.8) is 0 Å². The van der Waals surface area contributed by atoms with Gasteiger partial charge in [0.05, 0.1) is 12.7 Å². The van der Waals surface area contributed by atoms with E-state index >= 15 is 0 Å². The van der Waals surface area contributed by atoms with Gasteiger partial charge in [0.2, 0.25) is 0 Å². The molecule has 0 amide bonds. The van der Waals surface area contributed by atoms with Gasteiger partial charge in [0.25, 0.3) is 0 Å². The third-order valence-electron chi connectivity index (χ3n) is 3.85. The van der Waals surface area contributed by atoms with E-state index in [1.54, 1.807) is 0 Å². The van der Waals surface area contributed by atoms with Crippen molar-refractivity contribution in [1.82, 2.24) is 0 Å². The molecular formula is C12H22O4. The van der Waals surface area contributed by atoms with Crippen LogP contribution in [0.15, 0.2) is 0 Å². The predicted octanol–water partition coefficient (Wildman–Crippen LogP) is 0.765. The standard InChI is InChI=1S/C12H22O4/c1-12(2)15-7-11(16-12)10-4-8(5-13)3-9(10)6-14/h8-11,13-14H,3-7H2,1-2H3/t8-,9-,10+,11?/m0/s1. The van der Waals surface area contributed by atoms with Gasteiger partial charge >= 0.3 is 0 Å². The van der Waals surface area contributed by atoms with E-state index in [9.17, 15) is 10.2 Å². The first-order valence-corrected chi connectivity index (χ1v) is 6.09. The van der Waals surface area contributed by atoms with Crippen LogP contribution in [0.1, 0.15) is 26.7 Å². The van der Waals surface area contributed by atoms with E-state index in [4.69, 9.17) is 9.47 Å². The van der Waals surface area contributed by atoms with Gasteiger partial charge in [0, 0.05) is 13.2 Å². The summed E-state index contributed by atoms with van der Waals surface area (Å²) in [7, 11) is 0. The molecule has 1 heterocycles. The summed E-state index contributed by atoms with van der Waals surface area (Å²) in [6.45, 7) is 4.83. The zero-order valence-electron chi connectivity index (χ0n) is 10.1. The van der Waals surface area contributed by atoms with Crippen molar-refractivity contribution in [2.45, 2.75) is 38.6 Å². The van der Waals surface area contributed by atoms with E-state index in [1.165, 1.54) is 0 Å². The van der Waals surface area contributed by atoms with Crippen LogP contribution in [0.5, 0.6) is 0 Å². The number of aliphatic hydroxyl groups excluding tert-OH is 2. The first-order valence-electron chi connectivity index (χ1n) is 6.09. The van der Waals surface area contributed by atoms with E-state index < -0.39 is 5.79 Å². The van der Waals surface area contributed by atoms with Crippen LogP contribution in [-0.2, 0) is 9.47 Å². The molecule has 1 aliphatic heterocycles. The molecule has 4 nitrogen and oxygen atoms in total. The molecule has 2 aliphatic rings. The van der Waals surface area contributed by atoms with Crippen molar-refractivity contribution in [2.75, 3.05) is 19.8 Å². The topological polar surface area (TPSA) is 58.9 Å². The van der Waals surface area contributed by atoms with E-state index in [0.717, 1.165) is 12.8 Å². The van der Waals surface area contributed by atoms with E-state index in [1.807, 2.05) is 13.8 Å². The lowest BCUT2D eigenvalue weighted by atomic mass is 9.91. The number of aliphatic hydroxyl groups is 2. The quantitative estimate of drug-likeness (QED) is 0.751. The predicted molar refractivity (Wildman–Crippen MR) is 58.8 cm³/mol. The summed E-state index contributed by atoms with van der Waals surface area (Å²) in [6, 6.07) is 0. The van der Waals surface area contributed by atoms with Crippen LogP contribution >= 0.6 is 0 Å². The lowest BCUT2D eigenvalue weighted by Crippen LogP contribution is -2.30. The summed E-state index contributed by atoms with van der Waals surface area (Å²) < 4.78 is 11.4. The average Bonchev–Trinajstić information content (AvgIpc) is 2.80. The smallest absolute Gasteiger partial charge is 0.163 e. The van der Waals surface area contributed by atoms with Crippen molar-refractivity contribution in [3.8, 4) is 0 Å². The molecule has 94 valence electrons. The Bertz CT molecular complexity index is 241. The highest BCUT2D eigenvalue weighted by Gasteiger charge is 2.44.